The van der Waals surface area contributed by atoms with E-state index in [0.29, 0.717) is 5.88 Å². The van der Waals surface area contributed by atoms with Crippen LogP contribution in [0.5, 0.6) is 11.6 Å². The van der Waals surface area contributed by atoms with Crippen molar-refractivity contribution in [3.8, 4) is 34.0 Å². The predicted octanol–water partition coefficient (Wildman–Crippen LogP) is 7.20. The van der Waals surface area contributed by atoms with Gasteiger partial charge in [0.15, 0.2) is 6.20 Å². The van der Waals surface area contributed by atoms with Gasteiger partial charge in [-0.05, 0) is 52.6 Å². The van der Waals surface area contributed by atoms with Crippen molar-refractivity contribution in [1.82, 2.24) is 4.98 Å². The quantitative estimate of drug-likeness (QED) is 0.206. The first-order chi connectivity index (χ1) is 16.7. The fourth-order valence-electron chi connectivity index (χ4n) is 3.87. The minimum atomic E-state index is 0.574. The first-order valence-corrected chi connectivity index (χ1v) is 11.3. The van der Waals surface area contributed by atoms with Gasteiger partial charge >= 0.3 is 0 Å². The SMILES string of the molecule is C[n+]1ccccc1-c1cc(Oc2ccccn2)cc(-c2ccc(/C=C/c3ccccc3)cc2)c1. The van der Waals surface area contributed by atoms with Gasteiger partial charge in [-0.1, -0.05) is 72.8 Å². The molecule has 0 N–H and O–H groups in total. The van der Waals surface area contributed by atoms with Crippen LogP contribution in [0.4, 0.5) is 0 Å². The summed E-state index contributed by atoms with van der Waals surface area (Å²) in [6, 6.07) is 37.1. The molecular weight excluding hydrogens is 416 g/mol. The van der Waals surface area contributed by atoms with Gasteiger partial charge in [-0.15, -0.1) is 0 Å². The number of aromatic nitrogens is 2. The van der Waals surface area contributed by atoms with Gasteiger partial charge in [-0.25, -0.2) is 9.55 Å². The lowest BCUT2D eigenvalue weighted by molar-refractivity contribution is -0.660. The molecule has 3 heteroatoms. The van der Waals surface area contributed by atoms with Crippen LogP contribution in [0.25, 0.3) is 34.5 Å². The minimum Gasteiger partial charge on any atom is -0.439 e. The van der Waals surface area contributed by atoms with Crippen LogP contribution < -0.4 is 9.30 Å². The monoisotopic (exact) mass is 441 g/mol. The Bertz CT molecular complexity index is 1410. The molecule has 5 aromatic rings. The minimum absolute atomic E-state index is 0.574. The van der Waals surface area contributed by atoms with Crippen molar-refractivity contribution >= 4 is 12.2 Å². The molecule has 0 saturated carbocycles. The molecule has 0 radical (unpaired) electrons. The smallest absolute Gasteiger partial charge is 0.219 e. The van der Waals surface area contributed by atoms with Gasteiger partial charge in [-0.2, -0.15) is 0 Å². The van der Waals surface area contributed by atoms with E-state index in [1.807, 2.05) is 42.5 Å². The molecule has 0 aliphatic heterocycles. The molecular formula is C31H25N2O+. The summed E-state index contributed by atoms with van der Waals surface area (Å²) < 4.78 is 8.23. The van der Waals surface area contributed by atoms with Crippen LogP contribution in [0.3, 0.4) is 0 Å². The molecule has 34 heavy (non-hydrogen) atoms. The number of aryl methyl sites for hydroxylation is 1. The molecule has 0 saturated heterocycles. The Hall–Kier alpha value is -4.50. The van der Waals surface area contributed by atoms with E-state index in [-0.39, 0.29) is 0 Å². The number of benzene rings is 3. The van der Waals surface area contributed by atoms with Crippen molar-refractivity contribution < 1.29 is 9.30 Å². The fraction of sp³-hybridized carbons (Fsp3) is 0.0323. The van der Waals surface area contributed by atoms with Crippen LogP contribution in [-0.2, 0) is 7.05 Å². The third-order valence-electron chi connectivity index (χ3n) is 5.63. The van der Waals surface area contributed by atoms with Gasteiger partial charge in [-0.3, -0.25) is 0 Å². The molecule has 0 bridgehead atoms. The average molecular weight is 442 g/mol. The highest BCUT2D eigenvalue weighted by molar-refractivity contribution is 5.75. The Morgan fingerprint density at radius 3 is 2.09 bits per heavy atom. The number of ether oxygens (including phenoxy) is 1. The lowest BCUT2D eigenvalue weighted by Gasteiger charge is -2.11. The first-order valence-electron chi connectivity index (χ1n) is 11.3. The zero-order valence-electron chi connectivity index (χ0n) is 19.0. The Morgan fingerprint density at radius 1 is 0.647 bits per heavy atom. The van der Waals surface area contributed by atoms with Crippen LogP contribution in [0, 0.1) is 0 Å². The molecule has 0 aliphatic rings. The van der Waals surface area contributed by atoms with Crippen molar-refractivity contribution in [3.63, 3.8) is 0 Å². The van der Waals surface area contributed by atoms with Crippen LogP contribution >= 0.6 is 0 Å². The summed E-state index contributed by atoms with van der Waals surface area (Å²) in [7, 11) is 2.05. The van der Waals surface area contributed by atoms with Gasteiger partial charge in [0.05, 0.1) is 5.56 Å². The Balaban J connectivity index is 1.49. The van der Waals surface area contributed by atoms with E-state index in [1.165, 1.54) is 5.56 Å². The van der Waals surface area contributed by atoms with Gasteiger partial charge in [0.1, 0.15) is 12.8 Å². The molecule has 0 fully saturated rings. The van der Waals surface area contributed by atoms with Crippen LogP contribution in [0.15, 0.2) is 122 Å². The number of nitrogens with zero attached hydrogens (tertiary/aromatic N) is 2. The summed E-state index contributed by atoms with van der Waals surface area (Å²) in [5.41, 5.74) is 6.75. The predicted molar refractivity (Wildman–Crippen MR) is 138 cm³/mol. The summed E-state index contributed by atoms with van der Waals surface area (Å²) in [4.78, 5) is 4.32. The average Bonchev–Trinajstić information content (AvgIpc) is 2.89. The first kappa shape index (κ1) is 21.4. The largest absolute Gasteiger partial charge is 0.439 e. The highest BCUT2D eigenvalue weighted by Crippen LogP contribution is 2.32. The normalized spacial score (nSPS) is 11.0. The standard InChI is InChI=1S/C31H25N2O/c1-33-20-8-6-11-30(33)28-21-27(22-29(23-28)34-31-12-5-7-19-32-31)26-17-15-25(16-18-26)14-13-24-9-3-2-4-10-24/h2-23H,1H3/q+1/b14-13+. The topological polar surface area (TPSA) is 26.0 Å². The Kier molecular flexibility index (Phi) is 6.26. The molecule has 0 spiro atoms. The van der Waals surface area contributed by atoms with Gasteiger partial charge in [0.25, 0.3) is 0 Å². The summed E-state index contributed by atoms with van der Waals surface area (Å²) in [5.74, 6) is 1.33. The Morgan fingerprint density at radius 2 is 1.35 bits per heavy atom. The van der Waals surface area contributed by atoms with Crippen molar-refractivity contribution in [2.45, 2.75) is 0 Å². The van der Waals surface area contributed by atoms with Crippen LogP contribution in [0.2, 0.25) is 0 Å². The van der Waals surface area contributed by atoms with Crippen molar-refractivity contribution in [3.05, 3.63) is 133 Å². The second-order valence-corrected chi connectivity index (χ2v) is 8.08. The fourth-order valence-corrected chi connectivity index (χ4v) is 3.87. The molecule has 2 aromatic heterocycles. The van der Waals surface area contributed by atoms with Crippen LogP contribution in [0.1, 0.15) is 11.1 Å². The number of hydrogen-bond acceptors (Lipinski definition) is 2. The summed E-state index contributed by atoms with van der Waals surface area (Å²) in [6.07, 6.45) is 8.05. The van der Waals surface area contributed by atoms with Gasteiger partial charge in [0, 0.05) is 24.4 Å². The van der Waals surface area contributed by atoms with Gasteiger partial charge in [0.2, 0.25) is 11.6 Å². The third kappa shape index (κ3) is 5.11. The molecule has 0 unspecified atom stereocenters. The molecule has 164 valence electrons. The summed E-state index contributed by atoms with van der Waals surface area (Å²) >= 11 is 0. The number of pyridine rings is 2. The second kappa shape index (κ2) is 9.97. The zero-order chi connectivity index (χ0) is 23.2. The van der Waals surface area contributed by atoms with Crippen molar-refractivity contribution in [2.75, 3.05) is 0 Å². The maximum absolute atomic E-state index is 6.12. The molecule has 3 aromatic carbocycles. The highest BCUT2D eigenvalue weighted by Gasteiger charge is 2.13. The van der Waals surface area contributed by atoms with E-state index in [9.17, 15) is 0 Å². The molecule has 0 amide bonds. The molecule has 2 heterocycles. The Labute approximate surface area is 200 Å². The molecule has 5 rings (SSSR count). The van der Waals surface area contributed by atoms with E-state index >= 15 is 0 Å². The molecule has 3 nitrogen and oxygen atoms in total. The number of hydrogen-bond donors (Lipinski definition) is 0. The highest BCUT2D eigenvalue weighted by atomic mass is 16.5. The van der Waals surface area contributed by atoms with E-state index in [2.05, 4.69) is 102 Å². The lowest BCUT2D eigenvalue weighted by atomic mass is 9.99. The van der Waals surface area contributed by atoms with E-state index < -0.39 is 0 Å². The number of rotatable bonds is 6. The third-order valence-corrected chi connectivity index (χ3v) is 5.63. The van der Waals surface area contributed by atoms with E-state index in [4.69, 9.17) is 4.74 Å². The zero-order valence-corrected chi connectivity index (χ0v) is 19.0. The van der Waals surface area contributed by atoms with E-state index in [0.717, 1.165) is 33.7 Å². The molecule has 0 atom stereocenters. The maximum atomic E-state index is 6.12. The maximum Gasteiger partial charge on any atom is 0.219 e. The van der Waals surface area contributed by atoms with Crippen molar-refractivity contribution in [1.29, 1.82) is 0 Å². The van der Waals surface area contributed by atoms with Gasteiger partial charge < -0.3 is 4.74 Å². The molecule has 0 aliphatic carbocycles. The second-order valence-electron chi connectivity index (χ2n) is 8.08. The lowest BCUT2D eigenvalue weighted by Crippen LogP contribution is -2.29. The van der Waals surface area contributed by atoms with Crippen molar-refractivity contribution in [2.24, 2.45) is 7.05 Å². The van der Waals surface area contributed by atoms with Crippen LogP contribution in [-0.4, -0.2) is 4.98 Å². The summed E-state index contributed by atoms with van der Waals surface area (Å²) in [6.45, 7) is 0. The summed E-state index contributed by atoms with van der Waals surface area (Å²) in [5, 5.41) is 0. The van der Waals surface area contributed by atoms with E-state index in [1.54, 1.807) is 6.20 Å².